The van der Waals surface area contributed by atoms with Gasteiger partial charge >= 0.3 is 0 Å². The highest BCUT2D eigenvalue weighted by Crippen LogP contribution is 2.24. The molecule has 1 fully saturated rings. The van der Waals surface area contributed by atoms with Crippen LogP contribution in [0.3, 0.4) is 0 Å². The molecule has 0 bridgehead atoms. The molecule has 3 aromatic rings. The first-order chi connectivity index (χ1) is 13.2. The van der Waals surface area contributed by atoms with Crippen molar-refractivity contribution in [3.63, 3.8) is 0 Å². The van der Waals surface area contributed by atoms with Crippen LogP contribution in [0.15, 0.2) is 41.9 Å². The van der Waals surface area contributed by atoms with Gasteiger partial charge in [-0.15, -0.1) is 11.3 Å². The van der Waals surface area contributed by atoms with Gasteiger partial charge in [-0.3, -0.25) is 4.79 Å². The lowest BCUT2D eigenvalue weighted by atomic mass is 10.1. The number of aromatic nitrogens is 3. The molecular formula is C20H21N5OS. The van der Waals surface area contributed by atoms with E-state index in [-0.39, 0.29) is 5.91 Å². The number of hydrogen-bond donors (Lipinski definition) is 1. The largest absolute Gasteiger partial charge is 0.370 e. The van der Waals surface area contributed by atoms with Crippen molar-refractivity contribution >= 4 is 22.9 Å². The summed E-state index contributed by atoms with van der Waals surface area (Å²) in [6, 6.07) is 9.55. The van der Waals surface area contributed by atoms with Gasteiger partial charge in [-0.2, -0.15) is 10.2 Å². The van der Waals surface area contributed by atoms with Gasteiger partial charge in [-0.05, 0) is 38.0 Å². The zero-order chi connectivity index (χ0) is 18.6. The van der Waals surface area contributed by atoms with E-state index >= 15 is 0 Å². The number of thiazole rings is 1. The van der Waals surface area contributed by atoms with Gasteiger partial charge in [0, 0.05) is 35.3 Å². The van der Waals surface area contributed by atoms with E-state index in [0.29, 0.717) is 12.1 Å². The Labute approximate surface area is 162 Å². The normalized spacial score (nSPS) is 13.7. The van der Waals surface area contributed by atoms with Crippen LogP contribution in [0, 0.1) is 6.92 Å². The molecule has 0 saturated carbocycles. The molecule has 1 aliphatic rings. The maximum absolute atomic E-state index is 12.5. The number of hydrogen-bond acceptors (Lipinski definition) is 6. The summed E-state index contributed by atoms with van der Waals surface area (Å²) >= 11 is 1.55. The Morgan fingerprint density at radius 2 is 2.11 bits per heavy atom. The van der Waals surface area contributed by atoms with Gasteiger partial charge in [-0.25, -0.2) is 4.98 Å². The molecule has 1 saturated heterocycles. The molecule has 0 unspecified atom stereocenters. The molecule has 1 N–H and O–H groups in total. The van der Waals surface area contributed by atoms with Crippen LogP contribution in [0.4, 0.5) is 5.69 Å². The summed E-state index contributed by atoms with van der Waals surface area (Å²) < 4.78 is 0. The second-order valence-electron chi connectivity index (χ2n) is 6.64. The second-order valence-corrected chi connectivity index (χ2v) is 7.58. The highest BCUT2D eigenvalue weighted by atomic mass is 32.1. The van der Waals surface area contributed by atoms with Gasteiger partial charge in [0.25, 0.3) is 5.91 Å². The van der Waals surface area contributed by atoms with Crippen LogP contribution in [-0.2, 0) is 6.54 Å². The zero-order valence-corrected chi connectivity index (χ0v) is 16.0. The van der Waals surface area contributed by atoms with E-state index in [1.807, 2.05) is 42.6 Å². The van der Waals surface area contributed by atoms with Gasteiger partial charge in [-0.1, -0.05) is 12.1 Å². The lowest BCUT2D eigenvalue weighted by Gasteiger charge is -2.17. The highest BCUT2D eigenvalue weighted by molar-refractivity contribution is 7.09. The van der Waals surface area contributed by atoms with E-state index in [4.69, 9.17) is 0 Å². The maximum atomic E-state index is 12.5. The number of carbonyl (C=O) groups is 1. The number of anilines is 1. The molecule has 0 aliphatic carbocycles. The fourth-order valence-corrected chi connectivity index (χ4v) is 3.92. The van der Waals surface area contributed by atoms with E-state index in [2.05, 4.69) is 25.4 Å². The molecule has 4 rings (SSSR count). The van der Waals surface area contributed by atoms with Gasteiger partial charge in [0.15, 0.2) is 0 Å². The first-order valence-corrected chi connectivity index (χ1v) is 9.94. The summed E-state index contributed by atoms with van der Waals surface area (Å²) in [5, 5.41) is 14.2. The Bertz CT molecular complexity index is 949. The van der Waals surface area contributed by atoms with Crippen LogP contribution >= 0.6 is 11.3 Å². The first kappa shape index (κ1) is 17.6. The molecule has 138 valence electrons. The average molecular weight is 379 g/mol. The van der Waals surface area contributed by atoms with E-state index < -0.39 is 0 Å². The number of carbonyl (C=O) groups excluding carboxylic acids is 1. The minimum absolute atomic E-state index is 0.117. The van der Waals surface area contributed by atoms with Crippen LogP contribution in [0.25, 0.3) is 11.3 Å². The zero-order valence-electron chi connectivity index (χ0n) is 15.2. The van der Waals surface area contributed by atoms with E-state index in [1.54, 1.807) is 17.5 Å². The topological polar surface area (TPSA) is 71.0 Å². The standard InChI is InChI=1S/C20H21N5OS/c1-14-13-27-19(23-14)12-21-20(26)16-6-4-5-15(9-16)18-10-17(11-22-24-18)25-7-2-3-8-25/h4-6,9-11,13H,2-3,7-8,12H2,1H3,(H,21,26). The number of amides is 1. The summed E-state index contributed by atoms with van der Waals surface area (Å²) in [4.78, 5) is 19.2. The Hall–Kier alpha value is -2.80. The number of nitrogens with one attached hydrogen (secondary N) is 1. The second kappa shape index (κ2) is 7.84. The Morgan fingerprint density at radius 3 is 2.89 bits per heavy atom. The van der Waals surface area contributed by atoms with Crippen LogP contribution in [0.5, 0.6) is 0 Å². The van der Waals surface area contributed by atoms with Crippen molar-refractivity contribution in [2.45, 2.75) is 26.3 Å². The summed E-state index contributed by atoms with van der Waals surface area (Å²) in [6.45, 7) is 4.50. The predicted octanol–water partition coefficient (Wildman–Crippen LogP) is 3.44. The third-order valence-corrected chi connectivity index (χ3v) is 5.57. The Balaban J connectivity index is 1.50. The molecule has 0 radical (unpaired) electrons. The Kier molecular flexibility index (Phi) is 5.11. The molecule has 1 aromatic carbocycles. The fraction of sp³-hybridized carbons (Fsp3) is 0.300. The summed E-state index contributed by atoms with van der Waals surface area (Å²) in [5.41, 5.74) is 4.34. The van der Waals surface area contributed by atoms with Crippen LogP contribution in [-0.4, -0.2) is 34.2 Å². The van der Waals surface area contributed by atoms with Crippen molar-refractivity contribution in [3.05, 3.63) is 58.2 Å². The van der Waals surface area contributed by atoms with Crippen LogP contribution in [0.2, 0.25) is 0 Å². The summed E-state index contributed by atoms with van der Waals surface area (Å²) in [5.74, 6) is -0.117. The first-order valence-electron chi connectivity index (χ1n) is 9.06. The minimum atomic E-state index is -0.117. The van der Waals surface area contributed by atoms with E-state index in [1.165, 1.54) is 12.8 Å². The smallest absolute Gasteiger partial charge is 0.251 e. The van der Waals surface area contributed by atoms with Crippen LogP contribution in [0.1, 0.15) is 33.9 Å². The third-order valence-electron chi connectivity index (χ3n) is 4.60. The predicted molar refractivity (Wildman–Crippen MR) is 107 cm³/mol. The molecule has 1 amide bonds. The average Bonchev–Trinajstić information content (AvgIpc) is 3.38. The molecular weight excluding hydrogens is 358 g/mol. The van der Waals surface area contributed by atoms with Gasteiger partial charge in [0.05, 0.1) is 24.1 Å². The highest BCUT2D eigenvalue weighted by Gasteiger charge is 2.14. The van der Waals surface area contributed by atoms with Crippen LogP contribution < -0.4 is 10.2 Å². The maximum Gasteiger partial charge on any atom is 0.251 e. The number of nitrogens with zero attached hydrogens (tertiary/aromatic N) is 4. The molecule has 6 nitrogen and oxygen atoms in total. The van der Waals surface area contributed by atoms with Crippen molar-refractivity contribution < 1.29 is 4.79 Å². The minimum Gasteiger partial charge on any atom is -0.370 e. The van der Waals surface area contributed by atoms with Crippen molar-refractivity contribution in [1.29, 1.82) is 0 Å². The molecule has 0 atom stereocenters. The Morgan fingerprint density at radius 1 is 1.26 bits per heavy atom. The van der Waals surface area contributed by atoms with Crippen molar-refractivity contribution in [3.8, 4) is 11.3 Å². The number of benzene rings is 1. The summed E-state index contributed by atoms with van der Waals surface area (Å²) in [7, 11) is 0. The lowest BCUT2D eigenvalue weighted by molar-refractivity contribution is 0.0951. The molecule has 0 spiro atoms. The number of rotatable bonds is 5. The van der Waals surface area contributed by atoms with Gasteiger partial charge in [0.1, 0.15) is 5.01 Å². The molecule has 3 heterocycles. The van der Waals surface area contributed by atoms with Gasteiger partial charge in [0.2, 0.25) is 0 Å². The molecule has 2 aromatic heterocycles. The van der Waals surface area contributed by atoms with Crippen molar-refractivity contribution in [2.75, 3.05) is 18.0 Å². The van der Waals surface area contributed by atoms with Gasteiger partial charge < -0.3 is 10.2 Å². The molecule has 27 heavy (non-hydrogen) atoms. The number of aryl methyl sites for hydroxylation is 1. The SMILES string of the molecule is Cc1csc(CNC(=O)c2cccc(-c3cc(N4CCCC4)cnn3)c2)n1. The van der Waals surface area contributed by atoms with E-state index in [9.17, 15) is 4.79 Å². The lowest BCUT2D eigenvalue weighted by Crippen LogP contribution is -2.22. The fourth-order valence-electron chi connectivity index (χ4n) is 3.21. The summed E-state index contributed by atoms with van der Waals surface area (Å²) in [6.07, 6.45) is 4.24. The molecule has 1 aliphatic heterocycles. The monoisotopic (exact) mass is 379 g/mol. The van der Waals surface area contributed by atoms with Crippen molar-refractivity contribution in [1.82, 2.24) is 20.5 Å². The van der Waals surface area contributed by atoms with Crippen molar-refractivity contribution in [2.24, 2.45) is 0 Å². The molecule has 7 heteroatoms. The van der Waals surface area contributed by atoms with E-state index in [0.717, 1.165) is 40.7 Å². The third kappa shape index (κ3) is 4.14. The quantitative estimate of drug-likeness (QED) is 0.735.